The normalized spacial score (nSPS) is 10.5. The molecule has 0 saturated heterocycles. The third kappa shape index (κ3) is 4.20. The van der Waals surface area contributed by atoms with Gasteiger partial charge in [0.2, 0.25) is 0 Å². The summed E-state index contributed by atoms with van der Waals surface area (Å²) in [5.41, 5.74) is 0.938. The van der Waals surface area contributed by atoms with Gasteiger partial charge in [0.25, 0.3) is 0 Å². The first kappa shape index (κ1) is 16.4. The number of aryl methyl sites for hydroxylation is 1. The van der Waals surface area contributed by atoms with Crippen LogP contribution in [0.4, 0.5) is 0 Å². The molecule has 2 rings (SSSR count). The zero-order valence-electron chi connectivity index (χ0n) is 11.7. The van der Waals surface area contributed by atoms with Crippen LogP contribution in [0.3, 0.4) is 0 Å². The molecule has 108 valence electrons. The molecule has 5 heteroatoms. The first-order chi connectivity index (χ1) is 9.49. The number of halogens is 1. The van der Waals surface area contributed by atoms with Crippen LogP contribution in [0.1, 0.15) is 25.1 Å². The molecule has 0 aliphatic rings. The van der Waals surface area contributed by atoms with Crippen molar-refractivity contribution in [2.24, 2.45) is 0 Å². The number of benzene rings is 1. The lowest BCUT2D eigenvalue weighted by atomic mass is 10.2. The number of hydrogen-bond acceptors (Lipinski definition) is 4. The Labute approximate surface area is 123 Å². The van der Waals surface area contributed by atoms with Gasteiger partial charge >= 0.3 is 5.97 Å². The molecule has 4 nitrogen and oxygen atoms in total. The predicted octanol–water partition coefficient (Wildman–Crippen LogP) is 3.24. The SMILES string of the molecule is CC.Cc1ccc(OC(O)(O)c2ccccn2)c(Cl)c1. The van der Waals surface area contributed by atoms with Crippen molar-refractivity contribution in [3.63, 3.8) is 0 Å². The Morgan fingerprint density at radius 2 is 1.85 bits per heavy atom. The molecule has 0 amide bonds. The van der Waals surface area contributed by atoms with Gasteiger partial charge in [-0.2, -0.15) is 0 Å². The molecule has 0 aliphatic heterocycles. The van der Waals surface area contributed by atoms with Crippen molar-refractivity contribution in [2.45, 2.75) is 26.7 Å². The van der Waals surface area contributed by atoms with Crippen LogP contribution >= 0.6 is 11.6 Å². The molecule has 1 heterocycles. The Morgan fingerprint density at radius 3 is 2.40 bits per heavy atom. The fourth-order valence-corrected chi connectivity index (χ4v) is 1.72. The van der Waals surface area contributed by atoms with Gasteiger partial charge in [0, 0.05) is 6.20 Å². The first-order valence-corrected chi connectivity index (χ1v) is 6.68. The highest BCUT2D eigenvalue weighted by Crippen LogP contribution is 2.30. The smallest absolute Gasteiger partial charge is 0.369 e. The molecule has 0 radical (unpaired) electrons. The average molecular weight is 296 g/mol. The van der Waals surface area contributed by atoms with Gasteiger partial charge in [0.15, 0.2) is 0 Å². The molecule has 20 heavy (non-hydrogen) atoms. The molecular formula is C15H18ClNO3. The van der Waals surface area contributed by atoms with E-state index in [0.717, 1.165) is 5.56 Å². The standard InChI is InChI=1S/C13H12ClNO3.C2H6/c1-9-5-6-11(10(14)8-9)18-13(16,17)12-4-2-3-7-15-12;1-2/h2-8,16-17H,1H3;1-2H3. The highest BCUT2D eigenvalue weighted by Gasteiger charge is 2.31. The summed E-state index contributed by atoms with van der Waals surface area (Å²) in [4.78, 5) is 3.83. The van der Waals surface area contributed by atoms with E-state index < -0.39 is 5.97 Å². The minimum Gasteiger partial charge on any atom is -0.433 e. The summed E-state index contributed by atoms with van der Waals surface area (Å²) >= 11 is 5.96. The highest BCUT2D eigenvalue weighted by molar-refractivity contribution is 6.32. The second kappa shape index (κ2) is 7.24. The van der Waals surface area contributed by atoms with Crippen LogP contribution < -0.4 is 4.74 Å². The lowest BCUT2D eigenvalue weighted by molar-refractivity contribution is -0.306. The fourth-order valence-electron chi connectivity index (χ4n) is 1.45. The number of hydrogen-bond donors (Lipinski definition) is 2. The summed E-state index contributed by atoms with van der Waals surface area (Å²) in [6.45, 7) is 5.87. The summed E-state index contributed by atoms with van der Waals surface area (Å²) < 4.78 is 5.09. The highest BCUT2D eigenvalue weighted by atomic mass is 35.5. The maximum atomic E-state index is 9.85. The van der Waals surface area contributed by atoms with E-state index in [1.165, 1.54) is 12.3 Å². The van der Waals surface area contributed by atoms with Crippen molar-refractivity contribution in [3.05, 3.63) is 58.9 Å². The fraction of sp³-hybridized carbons (Fsp3) is 0.267. The van der Waals surface area contributed by atoms with Crippen molar-refractivity contribution in [2.75, 3.05) is 0 Å². The molecule has 0 atom stereocenters. The molecule has 0 spiro atoms. The second-order valence-electron chi connectivity index (χ2n) is 3.86. The monoisotopic (exact) mass is 295 g/mol. The molecule has 0 fully saturated rings. The molecule has 0 aliphatic carbocycles. The van der Waals surface area contributed by atoms with Crippen molar-refractivity contribution >= 4 is 11.6 Å². The van der Waals surface area contributed by atoms with E-state index in [-0.39, 0.29) is 11.4 Å². The van der Waals surface area contributed by atoms with Crippen LogP contribution in [0, 0.1) is 6.92 Å². The zero-order chi connectivity index (χ0) is 15.2. The summed E-state index contributed by atoms with van der Waals surface area (Å²) in [5, 5.41) is 20.0. The lowest BCUT2D eigenvalue weighted by Crippen LogP contribution is -2.33. The van der Waals surface area contributed by atoms with E-state index in [2.05, 4.69) is 4.98 Å². The minimum atomic E-state index is -2.51. The summed E-state index contributed by atoms with van der Waals surface area (Å²) in [5.74, 6) is -2.34. The third-order valence-corrected chi connectivity index (χ3v) is 2.63. The van der Waals surface area contributed by atoms with Crippen molar-refractivity contribution < 1.29 is 14.9 Å². The van der Waals surface area contributed by atoms with Gasteiger partial charge < -0.3 is 14.9 Å². The average Bonchev–Trinajstić information content (AvgIpc) is 2.45. The van der Waals surface area contributed by atoms with E-state index in [1.807, 2.05) is 20.8 Å². The summed E-state index contributed by atoms with van der Waals surface area (Å²) in [7, 11) is 0. The zero-order valence-corrected chi connectivity index (χ0v) is 12.4. The van der Waals surface area contributed by atoms with Gasteiger partial charge in [-0.3, -0.25) is 4.98 Å². The van der Waals surface area contributed by atoms with Crippen LogP contribution in [-0.2, 0) is 5.97 Å². The second-order valence-corrected chi connectivity index (χ2v) is 4.27. The van der Waals surface area contributed by atoms with Crippen LogP contribution in [0.15, 0.2) is 42.6 Å². The Morgan fingerprint density at radius 1 is 1.15 bits per heavy atom. The van der Waals surface area contributed by atoms with E-state index in [0.29, 0.717) is 5.02 Å². The van der Waals surface area contributed by atoms with Crippen molar-refractivity contribution in [3.8, 4) is 5.75 Å². The Kier molecular flexibility index (Phi) is 5.95. The van der Waals surface area contributed by atoms with Gasteiger partial charge in [-0.15, -0.1) is 0 Å². The number of aliphatic hydroxyl groups is 2. The van der Waals surface area contributed by atoms with E-state index in [1.54, 1.807) is 30.3 Å². The molecule has 0 bridgehead atoms. The van der Waals surface area contributed by atoms with Gasteiger partial charge in [-0.05, 0) is 36.8 Å². The summed E-state index contributed by atoms with van der Waals surface area (Å²) in [6, 6.07) is 9.74. The Balaban J connectivity index is 0.000000956. The van der Waals surface area contributed by atoms with E-state index in [9.17, 15) is 10.2 Å². The molecule has 2 N–H and O–H groups in total. The van der Waals surface area contributed by atoms with Crippen molar-refractivity contribution in [1.82, 2.24) is 4.98 Å². The summed E-state index contributed by atoms with van der Waals surface area (Å²) in [6.07, 6.45) is 1.44. The maximum Gasteiger partial charge on any atom is 0.369 e. The van der Waals surface area contributed by atoms with Gasteiger partial charge in [0.05, 0.1) is 5.02 Å². The molecule has 1 aromatic carbocycles. The van der Waals surface area contributed by atoms with Crippen LogP contribution in [0.5, 0.6) is 5.75 Å². The van der Waals surface area contributed by atoms with Crippen LogP contribution in [0.2, 0.25) is 5.02 Å². The third-order valence-electron chi connectivity index (χ3n) is 2.34. The molecular weight excluding hydrogens is 278 g/mol. The number of ether oxygens (including phenoxy) is 1. The number of nitrogens with zero attached hydrogens (tertiary/aromatic N) is 1. The molecule has 0 saturated carbocycles. The van der Waals surface area contributed by atoms with Gasteiger partial charge in [-0.1, -0.05) is 37.6 Å². The minimum absolute atomic E-state index is 0.0124. The van der Waals surface area contributed by atoms with E-state index in [4.69, 9.17) is 16.3 Å². The number of rotatable bonds is 3. The maximum absolute atomic E-state index is 9.85. The van der Waals surface area contributed by atoms with Gasteiger partial charge in [-0.25, -0.2) is 0 Å². The van der Waals surface area contributed by atoms with Crippen LogP contribution in [0.25, 0.3) is 0 Å². The number of pyridine rings is 1. The number of aromatic nitrogens is 1. The molecule has 1 aromatic heterocycles. The molecule has 0 unspecified atom stereocenters. The Hall–Kier alpha value is -1.62. The lowest BCUT2D eigenvalue weighted by Gasteiger charge is -2.22. The van der Waals surface area contributed by atoms with E-state index >= 15 is 0 Å². The Bertz CT molecular complexity index is 544. The van der Waals surface area contributed by atoms with Gasteiger partial charge in [0.1, 0.15) is 11.4 Å². The predicted molar refractivity (Wildman–Crippen MR) is 78.5 cm³/mol. The largest absolute Gasteiger partial charge is 0.433 e. The quantitative estimate of drug-likeness (QED) is 0.853. The molecule has 2 aromatic rings. The van der Waals surface area contributed by atoms with Crippen molar-refractivity contribution in [1.29, 1.82) is 0 Å². The topological polar surface area (TPSA) is 62.6 Å². The first-order valence-electron chi connectivity index (χ1n) is 6.30. The van der Waals surface area contributed by atoms with Crippen LogP contribution in [-0.4, -0.2) is 15.2 Å².